The molecule has 1 aliphatic rings. The first-order valence-electron chi connectivity index (χ1n) is 9.49. The van der Waals surface area contributed by atoms with Crippen LogP contribution in [-0.2, 0) is 21.4 Å². The van der Waals surface area contributed by atoms with Crippen molar-refractivity contribution in [2.75, 3.05) is 26.5 Å². The van der Waals surface area contributed by atoms with Crippen LogP contribution in [0, 0.1) is 5.92 Å². The number of sulfonamides is 1. The van der Waals surface area contributed by atoms with Crippen LogP contribution >= 0.6 is 11.8 Å². The zero-order chi connectivity index (χ0) is 20.9. The summed E-state index contributed by atoms with van der Waals surface area (Å²) in [6, 6.07) is 14.5. The summed E-state index contributed by atoms with van der Waals surface area (Å²) in [6.45, 7) is 1.16. The third-order valence-electron chi connectivity index (χ3n) is 5.15. The van der Waals surface area contributed by atoms with Crippen LogP contribution < -0.4 is 10.1 Å². The largest absolute Gasteiger partial charge is 0.497 e. The molecule has 1 N–H and O–H groups in total. The number of carbonyl (C=O) groups is 1. The maximum Gasteiger partial charge on any atom is 0.243 e. The summed E-state index contributed by atoms with van der Waals surface area (Å²) >= 11 is 1.57. The lowest BCUT2D eigenvalue weighted by Gasteiger charge is -2.30. The van der Waals surface area contributed by atoms with Crippen molar-refractivity contribution in [2.24, 2.45) is 5.92 Å². The van der Waals surface area contributed by atoms with Crippen LogP contribution in [-0.4, -0.2) is 45.1 Å². The molecule has 0 unspecified atom stereocenters. The van der Waals surface area contributed by atoms with Gasteiger partial charge in [-0.15, -0.1) is 11.8 Å². The second-order valence-electron chi connectivity index (χ2n) is 6.92. The Hall–Kier alpha value is -2.03. The van der Waals surface area contributed by atoms with Crippen molar-refractivity contribution >= 4 is 27.7 Å². The molecule has 0 radical (unpaired) electrons. The Labute approximate surface area is 176 Å². The van der Waals surface area contributed by atoms with Crippen molar-refractivity contribution in [3.63, 3.8) is 0 Å². The van der Waals surface area contributed by atoms with Gasteiger partial charge in [0.2, 0.25) is 15.9 Å². The molecule has 0 aliphatic carbocycles. The van der Waals surface area contributed by atoms with E-state index >= 15 is 0 Å². The van der Waals surface area contributed by atoms with Crippen molar-refractivity contribution < 1.29 is 17.9 Å². The summed E-state index contributed by atoms with van der Waals surface area (Å²) in [4.78, 5) is 13.8. The number of nitrogens with one attached hydrogen (secondary N) is 1. The Morgan fingerprint density at radius 3 is 2.28 bits per heavy atom. The van der Waals surface area contributed by atoms with Gasteiger partial charge in [0.05, 0.1) is 12.0 Å². The van der Waals surface area contributed by atoms with E-state index in [-0.39, 0.29) is 11.8 Å². The van der Waals surface area contributed by atoms with Crippen LogP contribution in [0.15, 0.2) is 58.3 Å². The third kappa shape index (κ3) is 5.32. The number of carbonyl (C=O) groups excluding carboxylic acids is 1. The quantitative estimate of drug-likeness (QED) is 0.678. The first kappa shape index (κ1) is 21.7. The van der Waals surface area contributed by atoms with Crippen molar-refractivity contribution in [3.05, 3.63) is 54.1 Å². The van der Waals surface area contributed by atoms with Gasteiger partial charge in [0.25, 0.3) is 0 Å². The van der Waals surface area contributed by atoms with E-state index in [0.29, 0.717) is 37.4 Å². The number of nitrogens with zero attached hydrogens (tertiary/aromatic N) is 1. The van der Waals surface area contributed by atoms with E-state index in [1.807, 2.05) is 42.7 Å². The summed E-state index contributed by atoms with van der Waals surface area (Å²) in [5.41, 5.74) is 0.993. The summed E-state index contributed by atoms with van der Waals surface area (Å²) in [5, 5.41) is 2.95. The summed E-state index contributed by atoms with van der Waals surface area (Å²) in [5.74, 6) is 0.581. The number of benzene rings is 2. The highest BCUT2D eigenvalue weighted by Crippen LogP contribution is 2.25. The van der Waals surface area contributed by atoms with Gasteiger partial charge in [-0.1, -0.05) is 12.1 Å². The highest BCUT2D eigenvalue weighted by molar-refractivity contribution is 7.98. The van der Waals surface area contributed by atoms with Gasteiger partial charge in [-0.2, -0.15) is 4.31 Å². The molecule has 2 aromatic rings. The molecule has 1 aliphatic heterocycles. The Morgan fingerprint density at radius 2 is 1.72 bits per heavy atom. The normalized spacial score (nSPS) is 15.8. The van der Waals surface area contributed by atoms with Crippen LogP contribution in [0.25, 0.3) is 0 Å². The topological polar surface area (TPSA) is 75.7 Å². The number of ether oxygens (including phenoxy) is 1. The highest BCUT2D eigenvalue weighted by atomic mass is 32.2. The summed E-state index contributed by atoms with van der Waals surface area (Å²) < 4.78 is 32.3. The highest BCUT2D eigenvalue weighted by Gasteiger charge is 2.31. The van der Waals surface area contributed by atoms with E-state index in [1.54, 1.807) is 31.0 Å². The first-order valence-corrected chi connectivity index (χ1v) is 12.2. The molecule has 156 valence electrons. The number of hydrogen-bond acceptors (Lipinski definition) is 5. The fraction of sp³-hybridized carbons (Fsp3) is 0.381. The van der Waals surface area contributed by atoms with E-state index < -0.39 is 10.0 Å². The number of amides is 1. The minimum absolute atomic E-state index is 0.0258. The van der Waals surface area contributed by atoms with E-state index in [9.17, 15) is 13.2 Å². The van der Waals surface area contributed by atoms with Gasteiger partial charge >= 0.3 is 0 Å². The first-order chi connectivity index (χ1) is 13.9. The molecule has 0 saturated carbocycles. The third-order valence-corrected chi connectivity index (χ3v) is 7.80. The molecule has 1 heterocycles. The predicted molar refractivity (Wildman–Crippen MR) is 115 cm³/mol. The molecule has 1 amide bonds. The number of thioether (sulfide) groups is 1. The number of hydrogen-bond donors (Lipinski definition) is 1. The molecule has 0 spiro atoms. The fourth-order valence-electron chi connectivity index (χ4n) is 3.33. The molecule has 8 heteroatoms. The zero-order valence-electron chi connectivity index (χ0n) is 16.6. The van der Waals surface area contributed by atoms with Crippen molar-refractivity contribution in [2.45, 2.75) is 29.2 Å². The number of rotatable bonds is 7. The van der Waals surface area contributed by atoms with E-state index in [1.165, 1.54) is 4.31 Å². The van der Waals surface area contributed by atoms with Crippen molar-refractivity contribution in [1.29, 1.82) is 0 Å². The Balaban J connectivity index is 1.52. The second kappa shape index (κ2) is 9.65. The maximum atomic E-state index is 12.8. The average Bonchev–Trinajstić information content (AvgIpc) is 2.78. The molecule has 29 heavy (non-hydrogen) atoms. The molecule has 0 bridgehead atoms. The van der Waals surface area contributed by atoms with Crippen molar-refractivity contribution in [1.82, 2.24) is 9.62 Å². The van der Waals surface area contributed by atoms with Crippen LogP contribution in [0.5, 0.6) is 5.75 Å². The van der Waals surface area contributed by atoms with Crippen LogP contribution in [0.2, 0.25) is 0 Å². The minimum atomic E-state index is -3.52. The van der Waals surface area contributed by atoms with Gasteiger partial charge in [0, 0.05) is 30.4 Å². The molecule has 0 atom stereocenters. The van der Waals surface area contributed by atoms with Crippen LogP contribution in [0.4, 0.5) is 0 Å². The van der Waals surface area contributed by atoms with Gasteiger partial charge in [-0.05, 0) is 61.1 Å². The van der Waals surface area contributed by atoms with E-state index in [4.69, 9.17) is 4.74 Å². The molecule has 2 aromatic carbocycles. The Bertz CT molecular complexity index is 920. The second-order valence-corrected chi connectivity index (χ2v) is 9.74. The lowest BCUT2D eigenvalue weighted by molar-refractivity contribution is -0.126. The van der Waals surface area contributed by atoms with Crippen LogP contribution in [0.3, 0.4) is 0 Å². The maximum absolute atomic E-state index is 12.8. The molecular formula is C21H26N2O4S2. The minimum Gasteiger partial charge on any atom is -0.497 e. The molecule has 6 nitrogen and oxygen atoms in total. The molecule has 0 aromatic heterocycles. The summed E-state index contributed by atoms with van der Waals surface area (Å²) in [6.07, 6.45) is 3.00. The lowest BCUT2D eigenvalue weighted by Crippen LogP contribution is -2.42. The van der Waals surface area contributed by atoms with Gasteiger partial charge in [0.1, 0.15) is 5.75 Å². The summed E-state index contributed by atoms with van der Waals surface area (Å²) in [7, 11) is -1.90. The Kier molecular flexibility index (Phi) is 7.21. The SMILES string of the molecule is COc1ccc(CNC(=O)C2CCN(S(=O)(=O)c3ccc(SC)cc3)CC2)cc1. The van der Waals surface area contributed by atoms with E-state index in [0.717, 1.165) is 16.2 Å². The molecule has 1 fully saturated rings. The monoisotopic (exact) mass is 434 g/mol. The molecule has 3 rings (SSSR count). The zero-order valence-corrected chi connectivity index (χ0v) is 18.3. The van der Waals surface area contributed by atoms with Crippen molar-refractivity contribution in [3.8, 4) is 5.75 Å². The number of methoxy groups -OCH3 is 1. The van der Waals surface area contributed by atoms with Gasteiger partial charge in [-0.25, -0.2) is 8.42 Å². The van der Waals surface area contributed by atoms with Gasteiger partial charge < -0.3 is 10.1 Å². The van der Waals surface area contributed by atoms with Gasteiger partial charge in [0.15, 0.2) is 0 Å². The molecule has 1 saturated heterocycles. The molecular weight excluding hydrogens is 408 g/mol. The average molecular weight is 435 g/mol. The smallest absolute Gasteiger partial charge is 0.243 e. The lowest BCUT2D eigenvalue weighted by atomic mass is 9.97. The predicted octanol–water partition coefficient (Wildman–Crippen LogP) is 3.13. The standard InChI is InChI=1S/C21H26N2O4S2/c1-27-18-5-3-16(4-6-18)15-22-21(24)17-11-13-23(14-12-17)29(25,26)20-9-7-19(28-2)8-10-20/h3-10,17H,11-15H2,1-2H3,(H,22,24). The fourth-order valence-corrected chi connectivity index (χ4v) is 5.21. The van der Waals surface area contributed by atoms with Crippen LogP contribution in [0.1, 0.15) is 18.4 Å². The number of piperidine rings is 1. The Morgan fingerprint density at radius 1 is 1.10 bits per heavy atom. The van der Waals surface area contributed by atoms with E-state index in [2.05, 4.69) is 5.32 Å². The van der Waals surface area contributed by atoms with Gasteiger partial charge in [-0.3, -0.25) is 4.79 Å².